The first-order valence-electron chi connectivity index (χ1n) is 4.79. The van der Waals surface area contributed by atoms with Crippen LogP contribution in [0.3, 0.4) is 0 Å². The third-order valence-electron chi connectivity index (χ3n) is 3.02. The maximum Gasteiger partial charge on any atom is 0.0741 e. The SMILES string of the molecule is N[C@H]1CCC2N=c3ccccc3=C21. The molecular formula is C11H12N2. The summed E-state index contributed by atoms with van der Waals surface area (Å²) < 4.78 is 0. The summed E-state index contributed by atoms with van der Waals surface area (Å²) in [5.74, 6) is 0. The molecule has 3 rings (SSSR count). The molecule has 1 saturated carbocycles. The Hall–Kier alpha value is -1.15. The standard InChI is InChI=1S/C11H12N2/c12-8-5-6-10-11(8)7-3-1-2-4-9(7)13-10/h1-4,8,10H,5-6,12H2/t8-,10?/m0/s1. The average Bonchev–Trinajstić information content (AvgIpc) is 2.66. The molecule has 2 nitrogen and oxygen atoms in total. The molecule has 1 aliphatic carbocycles. The van der Waals surface area contributed by atoms with Crippen LogP contribution in [-0.4, -0.2) is 12.1 Å². The van der Waals surface area contributed by atoms with Crippen molar-refractivity contribution in [1.29, 1.82) is 0 Å². The zero-order valence-electron chi connectivity index (χ0n) is 7.40. The Morgan fingerprint density at radius 3 is 3.00 bits per heavy atom. The maximum absolute atomic E-state index is 6.04. The molecule has 0 bridgehead atoms. The van der Waals surface area contributed by atoms with E-state index in [9.17, 15) is 0 Å². The molecule has 1 aromatic rings. The predicted molar refractivity (Wildman–Crippen MR) is 51.6 cm³/mol. The van der Waals surface area contributed by atoms with Crippen LogP contribution in [0, 0.1) is 0 Å². The lowest BCUT2D eigenvalue weighted by atomic mass is 10.1. The van der Waals surface area contributed by atoms with Gasteiger partial charge in [-0.3, -0.25) is 4.99 Å². The van der Waals surface area contributed by atoms with Crippen LogP contribution in [0.1, 0.15) is 12.8 Å². The number of benzene rings is 1. The highest BCUT2D eigenvalue weighted by Crippen LogP contribution is 2.27. The lowest BCUT2D eigenvalue weighted by Crippen LogP contribution is -2.28. The first-order valence-corrected chi connectivity index (χ1v) is 4.79. The molecule has 2 aliphatic rings. The van der Waals surface area contributed by atoms with Crippen LogP contribution in [0.2, 0.25) is 0 Å². The van der Waals surface area contributed by atoms with Crippen LogP contribution >= 0.6 is 0 Å². The van der Waals surface area contributed by atoms with E-state index >= 15 is 0 Å². The van der Waals surface area contributed by atoms with Gasteiger partial charge < -0.3 is 5.73 Å². The maximum atomic E-state index is 6.04. The van der Waals surface area contributed by atoms with Gasteiger partial charge in [-0.15, -0.1) is 0 Å². The fraction of sp³-hybridized carbons (Fsp3) is 0.364. The highest BCUT2D eigenvalue weighted by Gasteiger charge is 2.30. The Morgan fingerprint density at radius 1 is 1.23 bits per heavy atom. The van der Waals surface area contributed by atoms with E-state index in [4.69, 9.17) is 5.73 Å². The number of nitrogens with two attached hydrogens (primary N) is 1. The molecule has 2 heteroatoms. The van der Waals surface area contributed by atoms with Crippen LogP contribution in [0.4, 0.5) is 0 Å². The fourth-order valence-corrected chi connectivity index (χ4v) is 2.41. The van der Waals surface area contributed by atoms with E-state index in [1.165, 1.54) is 10.8 Å². The normalized spacial score (nSPS) is 29.8. The molecule has 0 spiro atoms. The second-order valence-corrected chi connectivity index (χ2v) is 3.80. The molecule has 1 unspecified atom stereocenters. The molecular weight excluding hydrogens is 160 g/mol. The Kier molecular flexibility index (Phi) is 1.35. The lowest BCUT2D eigenvalue weighted by Gasteiger charge is -2.03. The van der Waals surface area contributed by atoms with Crippen LogP contribution in [-0.2, 0) is 0 Å². The molecule has 0 aromatic heterocycles. The monoisotopic (exact) mass is 172 g/mol. The van der Waals surface area contributed by atoms with Crippen molar-refractivity contribution < 1.29 is 0 Å². The largest absolute Gasteiger partial charge is 0.324 e. The van der Waals surface area contributed by atoms with E-state index in [-0.39, 0.29) is 6.04 Å². The Bertz CT molecular complexity index is 461. The second kappa shape index (κ2) is 2.42. The third kappa shape index (κ3) is 0.893. The Balaban J connectivity index is 2.39. The van der Waals surface area contributed by atoms with Crippen LogP contribution < -0.4 is 16.3 Å². The summed E-state index contributed by atoms with van der Waals surface area (Å²) in [5.41, 5.74) is 7.41. The molecule has 66 valence electrons. The summed E-state index contributed by atoms with van der Waals surface area (Å²) >= 11 is 0. The first-order chi connectivity index (χ1) is 6.36. The van der Waals surface area contributed by atoms with Gasteiger partial charge in [0.1, 0.15) is 0 Å². The lowest BCUT2D eigenvalue weighted by molar-refractivity contribution is 0.740. The smallest absolute Gasteiger partial charge is 0.0741 e. The minimum Gasteiger partial charge on any atom is -0.324 e. The van der Waals surface area contributed by atoms with E-state index in [2.05, 4.69) is 23.2 Å². The third-order valence-corrected chi connectivity index (χ3v) is 3.02. The molecule has 2 N–H and O–H groups in total. The van der Waals surface area contributed by atoms with Gasteiger partial charge in [-0.05, 0) is 24.5 Å². The average molecular weight is 172 g/mol. The summed E-state index contributed by atoms with van der Waals surface area (Å²) in [6.07, 6.45) is 2.23. The molecule has 0 amide bonds. The van der Waals surface area contributed by atoms with Gasteiger partial charge in [0.2, 0.25) is 0 Å². The van der Waals surface area contributed by atoms with E-state index in [1.807, 2.05) is 6.07 Å². The van der Waals surface area contributed by atoms with Gasteiger partial charge in [0.05, 0.1) is 11.4 Å². The van der Waals surface area contributed by atoms with Crippen LogP contribution in [0.15, 0.2) is 29.3 Å². The van der Waals surface area contributed by atoms with Crippen molar-refractivity contribution in [3.8, 4) is 0 Å². The number of hydrogen-bond donors (Lipinski definition) is 1. The topological polar surface area (TPSA) is 38.4 Å². The highest BCUT2D eigenvalue weighted by atomic mass is 14.9. The minimum absolute atomic E-state index is 0.248. The molecule has 1 aromatic carbocycles. The molecule has 2 atom stereocenters. The zero-order valence-corrected chi connectivity index (χ0v) is 7.40. The second-order valence-electron chi connectivity index (χ2n) is 3.80. The van der Waals surface area contributed by atoms with Crippen molar-refractivity contribution in [3.63, 3.8) is 0 Å². The van der Waals surface area contributed by atoms with Gasteiger partial charge in [0.25, 0.3) is 0 Å². The number of para-hydroxylation sites is 1. The van der Waals surface area contributed by atoms with Crippen molar-refractivity contribution in [2.75, 3.05) is 0 Å². The van der Waals surface area contributed by atoms with Crippen molar-refractivity contribution >= 4 is 5.57 Å². The van der Waals surface area contributed by atoms with Crippen molar-refractivity contribution in [2.24, 2.45) is 10.7 Å². The van der Waals surface area contributed by atoms with Crippen molar-refractivity contribution in [3.05, 3.63) is 34.8 Å². The molecule has 1 fully saturated rings. The summed E-state index contributed by atoms with van der Waals surface area (Å²) in [7, 11) is 0. The summed E-state index contributed by atoms with van der Waals surface area (Å²) in [6.45, 7) is 0. The quantitative estimate of drug-likeness (QED) is 0.586. The minimum atomic E-state index is 0.248. The number of fused-ring (bicyclic) bond motifs is 2. The van der Waals surface area contributed by atoms with Gasteiger partial charge in [0.15, 0.2) is 0 Å². The molecule has 0 radical (unpaired) electrons. The zero-order chi connectivity index (χ0) is 8.84. The van der Waals surface area contributed by atoms with E-state index in [1.54, 1.807) is 0 Å². The van der Waals surface area contributed by atoms with E-state index in [0.717, 1.165) is 18.2 Å². The van der Waals surface area contributed by atoms with Gasteiger partial charge in [0, 0.05) is 11.3 Å². The number of rotatable bonds is 0. The van der Waals surface area contributed by atoms with Crippen molar-refractivity contribution in [1.82, 2.24) is 0 Å². The van der Waals surface area contributed by atoms with Crippen LogP contribution in [0.25, 0.3) is 5.57 Å². The summed E-state index contributed by atoms with van der Waals surface area (Å²) in [4.78, 5) is 4.65. The number of nitrogens with zero attached hydrogens (tertiary/aromatic N) is 1. The van der Waals surface area contributed by atoms with Gasteiger partial charge in [-0.2, -0.15) is 0 Å². The fourth-order valence-electron chi connectivity index (χ4n) is 2.41. The Morgan fingerprint density at radius 2 is 2.08 bits per heavy atom. The summed E-state index contributed by atoms with van der Waals surface area (Å²) in [6, 6.07) is 8.96. The molecule has 13 heavy (non-hydrogen) atoms. The first kappa shape index (κ1) is 7.27. The summed E-state index contributed by atoms with van der Waals surface area (Å²) in [5, 5.41) is 2.43. The highest BCUT2D eigenvalue weighted by molar-refractivity contribution is 5.60. The molecule has 1 aliphatic heterocycles. The van der Waals surface area contributed by atoms with Gasteiger partial charge in [-0.25, -0.2) is 0 Å². The van der Waals surface area contributed by atoms with E-state index in [0.29, 0.717) is 6.04 Å². The van der Waals surface area contributed by atoms with Crippen LogP contribution in [0.5, 0.6) is 0 Å². The van der Waals surface area contributed by atoms with E-state index < -0.39 is 0 Å². The number of hydrogen-bond acceptors (Lipinski definition) is 2. The molecule has 0 saturated heterocycles. The van der Waals surface area contributed by atoms with Gasteiger partial charge in [-0.1, -0.05) is 18.2 Å². The van der Waals surface area contributed by atoms with Crippen molar-refractivity contribution in [2.45, 2.75) is 24.9 Å². The predicted octanol–water partition coefficient (Wildman–Crippen LogP) is -0.0398. The Labute approximate surface area is 76.8 Å². The van der Waals surface area contributed by atoms with Gasteiger partial charge >= 0.3 is 0 Å². The molecule has 1 heterocycles.